The van der Waals surface area contributed by atoms with Crippen LogP contribution in [-0.4, -0.2) is 13.2 Å². The van der Waals surface area contributed by atoms with Crippen LogP contribution in [0, 0.1) is 12.8 Å². The molecular formula is C11H17NOS. The minimum atomic E-state index is 0.221. The topological polar surface area (TPSA) is 35.2 Å². The van der Waals surface area contributed by atoms with Crippen molar-refractivity contribution in [2.45, 2.75) is 25.8 Å². The molecule has 0 amide bonds. The van der Waals surface area contributed by atoms with Crippen LogP contribution in [0.4, 0.5) is 0 Å². The van der Waals surface area contributed by atoms with E-state index in [0.717, 1.165) is 26.1 Å². The second kappa shape index (κ2) is 4.43. The monoisotopic (exact) mass is 211 g/mol. The summed E-state index contributed by atoms with van der Waals surface area (Å²) >= 11 is 1.79. The summed E-state index contributed by atoms with van der Waals surface area (Å²) in [4.78, 5) is 1.36. The SMILES string of the molecule is Cc1ccsc1C(N)C1CCOCC1. The molecular weight excluding hydrogens is 194 g/mol. The Kier molecular flexibility index (Phi) is 3.21. The van der Waals surface area contributed by atoms with E-state index in [4.69, 9.17) is 10.5 Å². The number of nitrogens with two attached hydrogens (primary N) is 1. The zero-order chi connectivity index (χ0) is 9.97. The summed E-state index contributed by atoms with van der Waals surface area (Å²) in [5, 5.41) is 2.13. The Morgan fingerprint density at radius 2 is 2.21 bits per heavy atom. The van der Waals surface area contributed by atoms with Gasteiger partial charge in [-0.15, -0.1) is 11.3 Å². The van der Waals surface area contributed by atoms with Crippen molar-refractivity contribution >= 4 is 11.3 Å². The maximum absolute atomic E-state index is 6.27. The highest BCUT2D eigenvalue weighted by Crippen LogP contribution is 2.32. The largest absolute Gasteiger partial charge is 0.381 e. The van der Waals surface area contributed by atoms with E-state index in [1.807, 2.05) is 0 Å². The fourth-order valence-electron chi connectivity index (χ4n) is 2.01. The van der Waals surface area contributed by atoms with Crippen LogP contribution in [0.1, 0.15) is 29.3 Å². The van der Waals surface area contributed by atoms with Crippen LogP contribution < -0.4 is 5.73 Å². The van der Waals surface area contributed by atoms with Gasteiger partial charge in [0.05, 0.1) is 0 Å². The zero-order valence-electron chi connectivity index (χ0n) is 8.53. The Bertz CT molecular complexity index is 291. The van der Waals surface area contributed by atoms with Crippen LogP contribution in [0.15, 0.2) is 11.4 Å². The number of hydrogen-bond acceptors (Lipinski definition) is 3. The van der Waals surface area contributed by atoms with Crippen LogP contribution in [0.25, 0.3) is 0 Å². The molecule has 3 heteroatoms. The summed E-state index contributed by atoms with van der Waals surface area (Å²) in [6, 6.07) is 2.37. The molecule has 78 valence electrons. The molecule has 1 aliphatic rings. The average molecular weight is 211 g/mol. The summed E-state index contributed by atoms with van der Waals surface area (Å²) in [6.45, 7) is 3.90. The number of aryl methyl sites for hydroxylation is 1. The first-order valence-corrected chi connectivity index (χ1v) is 6.04. The minimum Gasteiger partial charge on any atom is -0.381 e. The predicted octanol–water partition coefficient (Wildman–Crippen LogP) is 2.48. The summed E-state index contributed by atoms with van der Waals surface area (Å²) in [7, 11) is 0. The number of thiophene rings is 1. The number of ether oxygens (including phenoxy) is 1. The third-order valence-corrected chi connectivity index (χ3v) is 4.10. The van der Waals surface area contributed by atoms with Gasteiger partial charge in [0.2, 0.25) is 0 Å². The number of rotatable bonds is 2. The van der Waals surface area contributed by atoms with E-state index >= 15 is 0 Å². The highest BCUT2D eigenvalue weighted by molar-refractivity contribution is 7.10. The van der Waals surface area contributed by atoms with Crippen molar-refractivity contribution in [1.82, 2.24) is 0 Å². The molecule has 0 saturated carbocycles. The lowest BCUT2D eigenvalue weighted by atomic mass is 9.90. The molecule has 0 aliphatic carbocycles. The molecule has 1 unspecified atom stereocenters. The van der Waals surface area contributed by atoms with Crippen molar-refractivity contribution in [1.29, 1.82) is 0 Å². The van der Waals surface area contributed by atoms with Crippen molar-refractivity contribution in [3.8, 4) is 0 Å². The van der Waals surface area contributed by atoms with Crippen LogP contribution in [0.2, 0.25) is 0 Å². The summed E-state index contributed by atoms with van der Waals surface area (Å²) in [5.41, 5.74) is 7.61. The lowest BCUT2D eigenvalue weighted by Gasteiger charge is -2.27. The molecule has 0 spiro atoms. The van der Waals surface area contributed by atoms with Gasteiger partial charge in [0.15, 0.2) is 0 Å². The van der Waals surface area contributed by atoms with Crippen molar-refractivity contribution in [2.75, 3.05) is 13.2 Å². The Labute approximate surface area is 89.1 Å². The van der Waals surface area contributed by atoms with Gasteiger partial charge in [-0.2, -0.15) is 0 Å². The summed E-state index contributed by atoms with van der Waals surface area (Å²) in [6.07, 6.45) is 2.22. The van der Waals surface area contributed by atoms with Gasteiger partial charge < -0.3 is 10.5 Å². The van der Waals surface area contributed by atoms with E-state index in [1.165, 1.54) is 10.4 Å². The standard InChI is InChI=1S/C11H17NOS/c1-8-4-7-14-11(8)10(12)9-2-5-13-6-3-9/h4,7,9-10H,2-3,5-6,12H2,1H3. The first kappa shape index (κ1) is 10.1. The van der Waals surface area contributed by atoms with Crippen LogP contribution in [0.3, 0.4) is 0 Å². The second-order valence-corrected chi connectivity index (χ2v) is 4.89. The third-order valence-electron chi connectivity index (χ3n) is 2.98. The first-order valence-electron chi connectivity index (χ1n) is 5.16. The summed E-state index contributed by atoms with van der Waals surface area (Å²) < 4.78 is 5.35. The van der Waals surface area contributed by atoms with Gasteiger partial charge in [0, 0.05) is 24.1 Å². The quantitative estimate of drug-likeness (QED) is 0.815. The van der Waals surface area contributed by atoms with Crippen LogP contribution in [-0.2, 0) is 4.74 Å². The van der Waals surface area contributed by atoms with E-state index in [0.29, 0.717) is 5.92 Å². The Balaban J connectivity index is 2.07. The van der Waals surface area contributed by atoms with E-state index in [9.17, 15) is 0 Å². The highest BCUT2D eigenvalue weighted by atomic mass is 32.1. The van der Waals surface area contributed by atoms with Gasteiger partial charge in [0.25, 0.3) is 0 Å². The predicted molar refractivity (Wildman–Crippen MR) is 59.5 cm³/mol. The van der Waals surface area contributed by atoms with Crippen LogP contribution in [0.5, 0.6) is 0 Å². The van der Waals surface area contributed by atoms with Gasteiger partial charge in [-0.1, -0.05) is 0 Å². The molecule has 14 heavy (non-hydrogen) atoms. The smallest absolute Gasteiger partial charge is 0.0469 e. The average Bonchev–Trinajstić information content (AvgIpc) is 2.65. The van der Waals surface area contributed by atoms with Gasteiger partial charge in [-0.3, -0.25) is 0 Å². The number of hydrogen-bond donors (Lipinski definition) is 1. The highest BCUT2D eigenvalue weighted by Gasteiger charge is 2.23. The molecule has 2 nitrogen and oxygen atoms in total. The van der Waals surface area contributed by atoms with Crippen molar-refractivity contribution in [3.63, 3.8) is 0 Å². The van der Waals surface area contributed by atoms with E-state index in [-0.39, 0.29) is 6.04 Å². The molecule has 0 bridgehead atoms. The molecule has 0 aromatic carbocycles. The van der Waals surface area contributed by atoms with Gasteiger partial charge >= 0.3 is 0 Å². The summed E-state index contributed by atoms with van der Waals surface area (Å²) in [5.74, 6) is 0.612. The molecule has 1 atom stereocenters. The maximum Gasteiger partial charge on any atom is 0.0469 e. The maximum atomic E-state index is 6.27. The van der Waals surface area contributed by atoms with Crippen molar-refractivity contribution in [2.24, 2.45) is 11.7 Å². The van der Waals surface area contributed by atoms with Crippen LogP contribution >= 0.6 is 11.3 Å². The fraction of sp³-hybridized carbons (Fsp3) is 0.636. The normalized spacial score (nSPS) is 21.0. The molecule has 2 N–H and O–H groups in total. The molecule has 1 aromatic heterocycles. The van der Waals surface area contributed by atoms with E-state index in [2.05, 4.69) is 18.4 Å². The first-order chi connectivity index (χ1) is 6.79. The van der Waals surface area contributed by atoms with E-state index in [1.54, 1.807) is 11.3 Å². The van der Waals surface area contributed by atoms with Gasteiger partial charge in [-0.05, 0) is 42.7 Å². The van der Waals surface area contributed by atoms with Crippen molar-refractivity contribution < 1.29 is 4.74 Å². The van der Waals surface area contributed by atoms with Gasteiger partial charge in [0.1, 0.15) is 0 Å². The molecule has 2 heterocycles. The minimum absolute atomic E-state index is 0.221. The fourth-order valence-corrected chi connectivity index (χ4v) is 3.04. The molecule has 1 aliphatic heterocycles. The lowest BCUT2D eigenvalue weighted by Crippen LogP contribution is -2.27. The molecule has 1 saturated heterocycles. The van der Waals surface area contributed by atoms with Gasteiger partial charge in [-0.25, -0.2) is 0 Å². The molecule has 1 fully saturated rings. The Morgan fingerprint density at radius 1 is 1.50 bits per heavy atom. The third kappa shape index (κ3) is 2.00. The lowest BCUT2D eigenvalue weighted by molar-refractivity contribution is 0.0587. The zero-order valence-corrected chi connectivity index (χ0v) is 9.35. The van der Waals surface area contributed by atoms with Crippen molar-refractivity contribution in [3.05, 3.63) is 21.9 Å². The van der Waals surface area contributed by atoms with E-state index < -0.39 is 0 Å². The molecule has 2 rings (SSSR count). The molecule has 1 aromatic rings. The Hall–Kier alpha value is -0.380. The second-order valence-electron chi connectivity index (χ2n) is 3.94. The Morgan fingerprint density at radius 3 is 2.79 bits per heavy atom. The molecule has 0 radical (unpaired) electrons.